The standard InChI is InChI=1S/C20H22N6O.2ClH/c1-13-19(20(27)25-14-7-8-15(25)12-21-11-9-14)23-24-26(13)18-6-2-5-17-16(18)4-3-10-22-17;;/h2-6,10,14-15,21H,7-9,11-12H2,1H3;2*1H. The molecule has 154 valence electrons. The minimum Gasteiger partial charge on any atom is -0.330 e. The molecule has 3 aromatic rings. The number of nitrogens with one attached hydrogen (secondary N) is 1. The monoisotopic (exact) mass is 434 g/mol. The number of fused-ring (bicyclic) bond motifs is 3. The fourth-order valence-corrected chi connectivity index (χ4v) is 4.46. The lowest BCUT2D eigenvalue weighted by atomic mass is 10.1. The molecule has 0 radical (unpaired) electrons. The maximum atomic E-state index is 13.3. The van der Waals surface area contributed by atoms with E-state index in [1.807, 2.05) is 42.2 Å². The zero-order valence-electron chi connectivity index (χ0n) is 16.1. The van der Waals surface area contributed by atoms with Gasteiger partial charge in [0.1, 0.15) is 0 Å². The van der Waals surface area contributed by atoms with Crippen LogP contribution < -0.4 is 5.32 Å². The number of amides is 1. The van der Waals surface area contributed by atoms with Crippen LogP contribution in [0.4, 0.5) is 0 Å². The van der Waals surface area contributed by atoms with Crippen LogP contribution in [0.2, 0.25) is 0 Å². The second-order valence-corrected chi connectivity index (χ2v) is 7.37. The van der Waals surface area contributed by atoms with Gasteiger partial charge in [-0.05, 0) is 57.0 Å². The average molecular weight is 435 g/mol. The van der Waals surface area contributed by atoms with Crippen molar-refractivity contribution < 1.29 is 4.79 Å². The van der Waals surface area contributed by atoms with E-state index >= 15 is 0 Å². The summed E-state index contributed by atoms with van der Waals surface area (Å²) in [5.41, 5.74) is 3.02. The highest BCUT2D eigenvalue weighted by Crippen LogP contribution is 2.30. The molecule has 0 aliphatic carbocycles. The molecule has 2 atom stereocenters. The fourth-order valence-electron chi connectivity index (χ4n) is 4.46. The highest BCUT2D eigenvalue weighted by molar-refractivity contribution is 5.94. The number of hydrogen-bond acceptors (Lipinski definition) is 5. The molecule has 1 N–H and O–H groups in total. The van der Waals surface area contributed by atoms with E-state index in [1.165, 1.54) is 0 Å². The molecule has 1 aromatic carbocycles. The summed E-state index contributed by atoms with van der Waals surface area (Å²) in [6.07, 6.45) is 4.93. The number of carbonyl (C=O) groups excluding carboxylic acids is 1. The zero-order valence-corrected chi connectivity index (χ0v) is 17.7. The summed E-state index contributed by atoms with van der Waals surface area (Å²) in [6, 6.07) is 10.4. The summed E-state index contributed by atoms with van der Waals surface area (Å²) in [5, 5.41) is 13.0. The van der Waals surface area contributed by atoms with E-state index in [0.29, 0.717) is 11.7 Å². The van der Waals surface area contributed by atoms with E-state index in [2.05, 4.69) is 20.6 Å². The minimum absolute atomic E-state index is 0. The van der Waals surface area contributed by atoms with Gasteiger partial charge >= 0.3 is 0 Å². The number of benzene rings is 1. The normalized spacial score (nSPS) is 20.7. The van der Waals surface area contributed by atoms with Crippen molar-refractivity contribution >= 4 is 41.6 Å². The summed E-state index contributed by atoms with van der Waals surface area (Å²) in [4.78, 5) is 19.8. The van der Waals surface area contributed by atoms with Crippen LogP contribution in [0.25, 0.3) is 16.6 Å². The molecule has 2 fully saturated rings. The van der Waals surface area contributed by atoms with Gasteiger partial charge in [0, 0.05) is 30.2 Å². The van der Waals surface area contributed by atoms with Crippen LogP contribution in [0.1, 0.15) is 35.4 Å². The van der Waals surface area contributed by atoms with Gasteiger partial charge in [0.15, 0.2) is 5.69 Å². The largest absolute Gasteiger partial charge is 0.330 e. The molecule has 2 saturated heterocycles. The quantitative estimate of drug-likeness (QED) is 0.670. The minimum atomic E-state index is 0. The van der Waals surface area contributed by atoms with E-state index in [1.54, 1.807) is 10.9 Å². The second kappa shape index (κ2) is 8.65. The van der Waals surface area contributed by atoms with E-state index in [-0.39, 0.29) is 36.8 Å². The molecule has 2 bridgehead atoms. The predicted octanol–water partition coefficient (Wildman–Crippen LogP) is 2.93. The van der Waals surface area contributed by atoms with Crippen LogP contribution in [0.5, 0.6) is 0 Å². The third-order valence-corrected chi connectivity index (χ3v) is 5.84. The molecule has 2 aliphatic rings. The van der Waals surface area contributed by atoms with Crippen molar-refractivity contribution in [3.8, 4) is 5.69 Å². The van der Waals surface area contributed by atoms with E-state index in [0.717, 1.165) is 54.6 Å². The molecular weight excluding hydrogens is 411 g/mol. The highest BCUT2D eigenvalue weighted by Gasteiger charge is 2.40. The topological polar surface area (TPSA) is 75.9 Å². The van der Waals surface area contributed by atoms with Gasteiger partial charge in [-0.25, -0.2) is 4.68 Å². The number of aromatic nitrogens is 4. The zero-order chi connectivity index (χ0) is 18.4. The van der Waals surface area contributed by atoms with Gasteiger partial charge in [0.25, 0.3) is 5.91 Å². The first-order valence-corrected chi connectivity index (χ1v) is 9.54. The Balaban J connectivity index is 0.00000120. The Hall–Kier alpha value is -2.22. The Kier molecular flexibility index (Phi) is 6.41. The number of pyridine rings is 1. The third kappa shape index (κ3) is 3.58. The molecule has 2 aromatic heterocycles. The molecule has 2 aliphatic heterocycles. The maximum Gasteiger partial charge on any atom is 0.276 e. The van der Waals surface area contributed by atoms with Crippen LogP contribution in [0, 0.1) is 6.92 Å². The van der Waals surface area contributed by atoms with Gasteiger partial charge in [-0.2, -0.15) is 0 Å². The third-order valence-electron chi connectivity index (χ3n) is 5.84. The first-order chi connectivity index (χ1) is 13.2. The maximum absolute atomic E-state index is 13.3. The molecule has 0 spiro atoms. The Morgan fingerprint density at radius 2 is 1.93 bits per heavy atom. The van der Waals surface area contributed by atoms with Crippen LogP contribution in [0.3, 0.4) is 0 Å². The summed E-state index contributed by atoms with van der Waals surface area (Å²) in [5.74, 6) is 0.00770. The van der Waals surface area contributed by atoms with Crippen LogP contribution in [-0.4, -0.2) is 56.0 Å². The summed E-state index contributed by atoms with van der Waals surface area (Å²) >= 11 is 0. The number of rotatable bonds is 2. The fraction of sp³-hybridized carbons (Fsp3) is 0.400. The lowest BCUT2D eigenvalue weighted by molar-refractivity contribution is 0.0673. The summed E-state index contributed by atoms with van der Waals surface area (Å²) in [6.45, 7) is 3.75. The lowest BCUT2D eigenvalue weighted by Crippen LogP contribution is -2.43. The van der Waals surface area contributed by atoms with Gasteiger partial charge in [-0.15, -0.1) is 29.9 Å². The van der Waals surface area contributed by atoms with E-state index in [9.17, 15) is 4.79 Å². The van der Waals surface area contributed by atoms with Crippen LogP contribution >= 0.6 is 24.8 Å². The van der Waals surface area contributed by atoms with Gasteiger partial charge in [0.2, 0.25) is 0 Å². The summed E-state index contributed by atoms with van der Waals surface area (Å²) < 4.78 is 1.76. The van der Waals surface area contributed by atoms with Gasteiger partial charge in [-0.3, -0.25) is 9.78 Å². The molecule has 4 heterocycles. The Bertz CT molecular complexity index is 1000. The second-order valence-electron chi connectivity index (χ2n) is 7.37. The predicted molar refractivity (Wildman–Crippen MR) is 116 cm³/mol. The Morgan fingerprint density at radius 1 is 1.10 bits per heavy atom. The number of hydrogen-bond donors (Lipinski definition) is 1. The number of halogens is 2. The highest BCUT2D eigenvalue weighted by atomic mass is 35.5. The van der Waals surface area contributed by atoms with E-state index < -0.39 is 0 Å². The van der Waals surface area contributed by atoms with Crippen molar-refractivity contribution in [1.82, 2.24) is 30.2 Å². The molecule has 2 unspecified atom stereocenters. The molecule has 9 heteroatoms. The molecular formula is C20H24Cl2N6O. The van der Waals surface area contributed by atoms with Crippen molar-refractivity contribution in [3.63, 3.8) is 0 Å². The lowest BCUT2D eigenvalue weighted by Gasteiger charge is -2.27. The van der Waals surface area contributed by atoms with Crippen molar-refractivity contribution in [3.05, 3.63) is 47.9 Å². The van der Waals surface area contributed by atoms with Crippen molar-refractivity contribution in [2.45, 2.75) is 38.3 Å². The van der Waals surface area contributed by atoms with Crippen molar-refractivity contribution in [1.29, 1.82) is 0 Å². The molecule has 5 rings (SSSR count). The summed E-state index contributed by atoms with van der Waals surface area (Å²) in [7, 11) is 0. The molecule has 0 saturated carbocycles. The molecule has 29 heavy (non-hydrogen) atoms. The Labute approximate surface area is 181 Å². The SMILES string of the molecule is Cc1c(C(=O)N2C3CCNCC2CC3)nnn1-c1cccc2ncccc12.Cl.Cl. The first kappa shape index (κ1) is 21.5. The number of carbonyl (C=O) groups is 1. The van der Waals surface area contributed by atoms with Crippen LogP contribution in [-0.2, 0) is 0 Å². The smallest absolute Gasteiger partial charge is 0.276 e. The van der Waals surface area contributed by atoms with Gasteiger partial charge in [0.05, 0.1) is 16.9 Å². The van der Waals surface area contributed by atoms with Crippen molar-refractivity contribution in [2.24, 2.45) is 0 Å². The molecule has 1 amide bonds. The Morgan fingerprint density at radius 3 is 2.79 bits per heavy atom. The van der Waals surface area contributed by atoms with Gasteiger partial charge < -0.3 is 10.2 Å². The van der Waals surface area contributed by atoms with Gasteiger partial charge in [-0.1, -0.05) is 11.3 Å². The average Bonchev–Trinajstić information content (AvgIpc) is 3.19. The first-order valence-electron chi connectivity index (χ1n) is 9.54. The van der Waals surface area contributed by atoms with Crippen LogP contribution in [0.15, 0.2) is 36.5 Å². The van der Waals surface area contributed by atoms with Crippen molar-refractivity contribution in [2.75, 3.05) is 13.1 Å². The molecule has 7 nitrogen and oxygen atoms in total. The number of nitrogens with zero attached hydrogens (tertiary/aromatic N) is 5. The van der Waals surface area contributed by atoms with E-state index in [4.69, 9.17) is 0 Å².